The van der Waals surface area contributed by atoms with Gasteiger partial charge in [-0.25, -0.2) is 19.3 Å². The average Bonchev–Trinajstić information content (AvgIpc) is 4.03. The van der Waals surface area contributed by atoms with E-state index in [1.54, 1.807) is 47.0 Å². The third kappa shape index (κ3) is 14.6. The quantitative estimate of drug-likeness (QED) is 0.0323. The van der Waals surface area contributed by atoms with Gasteiger partial charge in [0.1, 0.15) is 17.9 Å². The number of likely N-dealkylation sites (tertiary alicyclic amines) is 1. The number of carbonyl (C=O) groups is 5. The summed E-state index contributed by atoms with van der Waals surface area (Å²) in [5.41, 5.74) is 7.73. The number of hydrogen-bond donors (Lipinski definition) is 6. The van der Waals surface area contributed by atoms with Crippen LogP contribution in [0.4, 0.5) is 15.9 Å². The Kier molecular flexibility index (Phi) is 18.5. The second-order valence-corrected chi connectivity index (χ2v) is 23.2. The molecule has 21 heteroatoms. The van der Waals surface area contributed by atoms with E-state index >= 15 is 4.39 Å². The number of β-amino-alcohol motifs (C(OH)–C–C–N with tert-alkyl or cyclic N) is 1. The van der Waals surface area contributed by atoms with Crippen molar-refractivity contribution >= 4 is 58.0 Å². The number of amides is 5. The molecule has 9 rings (SSSR count). The maximum Gasteiger partial charge on any atom is 0.254 e. The van der Waals surface area contributed by atoms with Crippen molar-refractivity contribution in [2.24, 2.45) is 5.41 Å². The van der Waals surface area contributed by atoms with Gasteiger partial charge in [0.15, 0.2) is 11.5 Å². The van der Waals surface area contributed by atoms with Gasteiger partial charge in [0.25, 0.3) is 5.91 Å². The normalized spacial score (nSPS) is 17.2. The van der Waals surface area contributed by atoms with Crippen LogP contribution in [0.25, 0.3) is 27.3 Å². The Labute approximate surface area is 464 Å². The molecule has 2 saturated heterocycles. The molecule has 19 nitrogen and oxygen atoms in total. The minimum atomic E-state index is -0.866. The summed E-state index contributed by atoms with van der Waals surface area (Å²) in [7, 11) is 0. The number of rotatable bonds is 24. The van der Waals surface area contributed by atoms with Crippen molar-refractivity contribution < 1.29 is 33.5 Å². The van der Waals surface area contributed by atoms with Crippen LogP contribution >= 0.6 is 11.3 Å². The van der Waals surface area contributed by atoms with Crippen LogP contribution in [0.2, 0.25) is 0 Å². The fourth-order valence-corrected chi connectivity index (χ4v) is 11.2. The number of H-pyrrole nitrogens is 1. The number of benzene rings is 2. The number of piperazine rings is 1. The molecular weight excluding hydrogens is 1030 g/mol. The van der Waals surface area contributed by atoms with Crippen molar-refractivity contribution in [3.8, 4) is 21.7 Å². The molecule has 3 atom stereocenters. The highest BCUT2D eigenvalue weighted by Gasteiger charge is 2.44. The van der Waals surface area contributed by atoms with Crippen molar-refractivity contribution in [2.75, 3.05) is 51.1 Å². The molecule has 6 aromatic rings. The number of aliphatic hydroxyl groups excluding tert-OH is 1. The van der Waals surface area contributed by atoms with Crippen molar-refractivity contribution in [2.45, 2.75) is 135 Å². The summed E-state index contributed by atoms with van der Waals surface area (Å²) < 4.78 is 17.6. The van der Waals surface area contributed by atoms with E-state index in [0.29, 0.717) is 56.5 Å². The van der Waals surface area contributed by atoms with Crippen LogP contribution in [0, 0.1) is 18.2 Å². The fraction of sp³-hybridized carbons (Fsp3) is 0.500. The summed E-state index contributed by atoms with van der Waals surface area (Å²) in [5, 5.41) is 29.6. The second kappa shape index (κ2) is 25.8. The first-order valence-corrected chi connectivity index (χ1v) is 28.7. The highest BCUT2D eigenvalue weighted by atomic mass is 32.1. The Morgan fingerprint density at radius 3 is 2.28 bits per heavy atom. The first-order valence-electron chi connectivity index (χ1n) is 27.9. The number of thiazole rings is 1. The zero-order valence-electron chi connectivity index (χ0n) is 45.7. The molecule has 6 N–H and O–H groups in total. The zero-order valence-corrected chi connectivity index (χ0v) is 46.5. The lowest BCUT2D eigenvalue weighted by Crippen LogP contribution is -2.57. The Bertz CT molecular complexity index is 3070. The number of unbranched alkanes of at least 4 members (excludes halogenated alkanes) is 7. The number of carbonyl (C=O) groups excluding carboxylic acids is 5. The van der Waals surface area contributed by atoms with Crippen LogP contribution in [-0.2, 0) is 25.7 Å². The Hall–Kier alpha value is -7.10. The minimum absolute atomic E-state index is 0.0210. The number of nitrogens with zero attached hydrogens (tertiary/aromatic N) is 8. The average molecular weight is 1100 g/mol. The summed E-state index contributed by atoms with van der Waals surface area (Å²) in [4.78, 5) is 87.0. The molecule has 2 aromatic carbocycles. The molecule has 1 aliphatic carbocycles. The maximum absolute atomic E-state index is 15.7. The maximum atomic E-state index is 15.7. The van der Waals surface area contributed by atoms with Crippen LogP contribution in [-0.4, -0.2) is 143 Å². The molecule has 0 unspecified atom stereocenters. The number of aryl methyl sites for hydroxylation is 1. The molecular formula is C58H74FN13O6S. The van der Waals surface area contributed by atoms with Crippen LogP contribution in [0.1, 0.15) is 131 Å². The number of halogens is 1. The minimum Gasteiger partial charge on any atom is -0.391 e. The van der Waals surface area contributed by atoms with E-state index in [1.165, 1.54) is 11.0 Å². The van der Waals surface area contributed by atoms with E-state index in [4.69, 9.17) is 4.98 Å². The molecule has 3 aliphatic rings. The molecule has 0 bridgehead atoms. The number of nitrogens with one attached hydrogen (secondary N) is 5. The van der Waals surface area contributed by atoms with Crippen LogP contribution in [0.3, 0.4) is 0 Å². The zero-order chi connectivity index (χ0) is 55.6. The monoisotopic (exact) mass is 1100 g/mol. The number of anilines is 2. The predicted octanol–water partition coefficient (Wildman–Crippen LogP) is 7.51. The lowest BCUT2D eigenvalue weighted by atomic mass is 9.85. The number of fused-ring (bicyclic) bond motifs is 1. The summed E-state index contributed by atoms with van der Waals surface area (Å²) >= 11 is 1.58. The van der Waals surface area contributed by atoms with Gasteiger partial charge < -0.3 is 36.2 Å². The summed E-state index contributed by atoms with van der Waals surface area (Å²) in [6.07, 6.45) is 16.5. The van der Waals surface area contributed by atoms with Gasteiger partial charge >= 0.3 is 0 Å². The largest absolute Gasteiger partial charge is 0.391 e. The van der Waals surface area contributed by atoms with Gasteiger partial charge in [-0.15, -0.1) is 11.3 Å². The number of hydrogen-bond acceptors (Lipinski definition) is 13. The van der Waals surface area contributed by atoms with E-state index in [2.05, 4.69) is 41.4 Å². The van der Waals surface area contributed by atoms with E-state index < -0.39 is 29.4 Å². The highest BCUT2D eigenvalue weighted by Crippen LogP contribution is 2.41. The van der Waals surface area contributed by atoms with E-state index in [-0.39, 0.29) is 73.3 Å². The molecule has 5 amide bonds. The summed E-state index contributed by atoms with van der Waals surface area (Å²) in [5.74, 6) is -1.03. The molecule has 0 spiro atoms. The Morgan fingerprint density at radius 1 is 0.873 bits per heavy atom. The molecule has 1 saturated carbocycles. The molecule has 4 aromatic heterocycles. The van der Waals surface area contributed by atoms with Gasteiger partial charge in [-0.2, -0.15) is 5.10 Å². The first-order chi connectivity index (χ1) is 38.1. The molecule has 420 valence electrons. The standard InChI is InChI=1S/C58H74FN13O6S/c1-37-51(79-36-63-37)40-16-14-38(15-17-40)29-62-55(76)47-28-43(73)33-72(47)57(78)52(58(2,3)4)68-49(74)13-11-9-7-5-6-8-10-12-22-60-50(75)35-69-23-25-70(26-24-69)56(77)41-20-21-45(44(59)27-41)66-53-54-61-32-48(42-30-64-65-31-42)71(54)34-46(67-53)39-18-19-39/h14-17,20-21,27,30-32,34,36,39,43,47,52,73H,5-13,18-19,22-26,28-29,33,35H2,1-4H3,(H,60,75)(H,62,76)(H,64,65)(H,66,67)(H,68,74)/t43-,47+,52-/m1/s1. The number of aromatic amines is 1. The van der Waals surface area contributed by atoms with Crippen molar-refractivity contribution in [1.29, 1.82) is 0 Å². The first kappa shape index (κ1) is 56.6. The van der Waals surface area contributed by atoms with Gasteiger partial charge in [-0.05, 0) is 67.3 Å². The number of imidazole rings is 1. The van der Waals surface area contributed by atoms with Crippen molar-refractivity contribution in [1.82, 2.24) is 60.2 Å². The van der Waals surface area contributed by atoms with E-state index in [0.717, 1.165) is 96.4 Å². The smallest absolute Gasteiger partial charge is 0.254 e. The lowest BCUT2D eigenvalue weighted by Gasteiger charge is -2.35. The third-order valence-electron chi connectivity index (χ3n) is 15.2. The molecule has 2 aliphatic heterocycles. The van der Waals surface area contributed by atoms with Gasteiger partial charge in [0.05, 0.1) is 58.2 Å². The van der Waals surface area contributed by atoms with Gasteiger partial charge in [0.2, 0.25) is 23.6 Å². The topological polar surface area (TPSA) is 235 Å². The Morgan fingerprint density at radius 2 is 1.61 bits per heavy atom. The van der Waals surface area contributed by atoms with Crippen LogP contribution < -0.4 is 21.3 Å². The van der Waals surface area contributed by atoms with Crippen LogP contribution in [0.5, 0.6) is 0 Å². The second-order valence-electron chi connectivity index (χ2n) is 22.4. The summed E-state index contributed by atoms with van der Waals surface area (Å²) in [6.45, 7) is 10.7. The Balaban J connectivity index is 0.616. The lowest BCUT2D eigenvalue weighted by molar-refractivity contribution is -0.144. The fourth-order valence-electron chi connectivity index (χ4n) is 10.4. The van der Waals surface area contributed by atoms with Crippen molar-refractivity contribution in [3.63, 3.8) is 0 Å². The SMILES string of the molecule is Cc1ncsc1-c1ccc(CNC(=O)[C@@H]2C[C@@H](O)CN2C(=O)[C@@H](NC(=O)CCCCCCCCCCNC(=O)CN2CCN(C(=O)c3ccc(Nc4nc(C5CC5)cn5c(-c6cn[nH]c6)cnc45)c(F)c3)CC2)C(C)(C)C)cc1. The van der Waals surface area contributed by atoms with E-state index in [1.807, 2.05) is 73.0 Å². The molecule has 79 heavy (non-hydrogen) atoms. The van der Waals surface area contributed by atoms with Gasteiger partial charge in [-0.3, -0.25) is 38.4 Å². The molecule has 6 heterocycles. The number of aliphatic hydroxyl groups is 1. The third-order valence-corrected chi connectivity index (χ3v) is 16.1. The molecule has 0 radical (unpaired) electrons. The van der Waals surface area contributed by atoms with Gasteiger partial charge in [0, 0.05) is 88.1 Å². The summed E-state index contributed by atoms with van der Waals surface area (Å²) in [6, 6.07) is 10.6. The number of aromatic nitrogens is 6. The highest BCUT2D eigenvalue weighted by molar-refractivity contribution is 7.13. The predicted molar refractivity (Wildman–Crippen MR) is 301 cm³/mol. The van der Waals surface area contributed by atoms with Crippen molar-refractivity contribution in [3.05, 3.63) is 101 Å². The van der Waals surface area contributed by atoms with Gasteiger partial charge in [-0.1, -0.05) is 83.6 Å². The van der Waals surface area contributed by atoms with Crippen LogP contribution in [0.15, 0.2) is 72.8 Å². The van der Waals surface area contributed by atoms with E-state index in [9.17, 15) is 29.1 Å². The molecule has 3 fully saturated rings.